The monoisotopic (exact) mass is 504 g/mol. The summed E-state index contributed by atoms with van der Waals surface area (Å²) in [4.78, 5) is 12.7. The van der Waals surface area contributed by atoms with Gasteiger partial charge in [0.2, 0.25) is 0 Å². The van der Waals surface area contributed by atoms with E-state index >= 15 is 0 Å². The summed E-state index contributed by atoms with van der Waals surface area (Å²) in [7, 11) is 0. The van der Waals surface area contributed by atoms with Crippen molar-refractivity contribution >= 4 is 5.97 Å². The van der Waals surface area contributed by atoms with Gasteiger partial charge in [-0.1, -0.05) is 84.2 Å². The summed E-state index contributed by atoms with van der Waals surface area (Å²) < 4.78 is 6.04. The van der Waals surface area contributed by atoms with E-state index in [0.717, 1.165) is 48.3 Å². The molecule has 204 valence electrons. The van der Waals surface area contributed by atoms with Gasteiger partial charge in [0.1, 0.15) is 6.10 Å². The van der Waals surface area contributed by atoms with Crippen LogP contribution < -0.4 is 0 Å². The van der Waals surface area contributed by atoms with E-state index in [1.807, 2.05) is 35.9 Å². The van der Waals surface area contributed by atoms with Crippen LogP contribution in [0.1, 0.15) is 116 Å². The molecule has 1 aromatic rings. The van der Waals surface area contributed by atoms with Crippen molar-refractivity contribution in [2.24, 2.45) is 52.3 Å². The zero-order valence-corrected chi connectivity index (χ0v) is 24.5. The molecule has 4 aliphatic carbocycles. The van der Waals surface area contributed by atoms with Crippen LogP contribution >= 0.6 is 0 Å². The molecule has 0 spiro atoms. The molecule has 9 atom stereocenters. The molecule has 0 saturated heterocycles. The van der Waals surface area contributed by atoms with E-state index in [1.165, 1.54) is 51.4 Å². The van der Waals surface area contributed by atoms with E-state index in [-0.39, 0.29) is 12.1 Å². The summed E-state index contributed by atoms with van der Waals surface area (Å²) >= 11 is 0. The van der Waals surface area contributed by atoms with Gasteiger partial charge in [0.15, 0.2) is 0 Å². The number of hydrogen-bond donors (Lipinski definition) is 0. The Morgan fingerprint density at radius 1 is 0.973 bits per heavy atom. The molecule has 0 heterocycles. The van der Waals surface area contributed by atoms with Gasteiger partial charge < -0.3 is 4.74 Å². The summed E-state index contributed by atoms with van der Waals surface area (Å²) in [6, 6.07) is 9.53. The lowest BCUT2D eigenvalue weighted by Gasteiger charge is -2.60. The first-order valence-corrected chi connectivity index (χ1v) is 15.6. The highest BCUT2D eigenvalue weighted by Crippen LogP contribution is 2.66. The van der Waals surface area contributed by atoms with Crippen molar-refractivity contribution in [2.75, 3.05) is 0 Å². The van der Waals surface area contributed by atoms with E-state index in [2.05, 4.69) is 47.6 Å². The largest absolute Gasteiger partial charge is 0.459 e. The van der Waals surface area contributed by atoms with Gasteiger partial charge in [-0.25, -0.2) is 4.79 Å². The molecule has 0 aliphatic heterocycles. The van der Waals surface area contributed by atoms with Gasteiger partial charge in [0.05, 0.1) is 5.56 Å². The second kappa shape index (κ2) is 10.5. The Balaban J connectivity index is 1.23. The molecule has 3 fully saturated rings. The summed E-state index contributed by atoms with van der Waals surface area (Å²) in [5.41, 5.74) is 3.36. The van der Waals surface area contributed by atoms with Crippen LogP contribution in [0.4, 0.5) is 0 Å². The van der Waals surface area contributed by atoms with E-state index in [0.29, 0.717) is 22.3 Å². The Labute approximate surface area is 227 Å². The van der Waals surface area contributed by atoms with Crippen LogP contribution in [0.2, 0.25) is 0 Å². The smallest absolute Gasteiger partial charge is 0.338 e. The Morgan fingerprint density at radius 2 is 1.73 bits per heavy atom. The van der Waals surface area contributed by atoms with E-state index in [1.54, 1.807) is 0 Å². The van der Waals surface area contributed by atoms with Crippen molar-refractivity contribution in [3.05, 3.63) is 47.5 Å². The van der Waals surface area contributed by atoms with Crippen LogP contribution in [0, 0.1) is 52.3 Å². The van der Waals surface area contributed by atoms with Crippen molar-refractivity contribution in [1.82, 2.24) is 0 Å². The lowest BCUT2D eigenvalue weighted by Crippen LogP contribution is -2.52. The lowest BCUT2D eigenvalue weighted by molar-refractivity contribution is -0.0900. The molecule has 0 radical (unpaired) electrons. The second-order valence-corrected chi connectivity index (χ2v) is 14.4. The fourth-order valence-corrected chi connectivity index (χ4v) is 9.40. The fraction of sp³-hybridized carbons (Fsp3) is 0.743. The van der Waals surface area contributed by atoms with Crippen molar-refractivity contribution < 1.29 is 9.53 Å². The van der Waals surface area contributed by atoms with E-state index in [9.17, 15) is 4.79 Å². The minimum atomic E-state index is -0.143. The van der Waals surface area contributed by atoms with Gasteiger partial charge in [0, 0.05) is 0 Å². The maximum Gasteiger partial charge on any atom is 0.338 e. The molecule has 4 aliphatic rings. The van der Waals surface area contributed by atoms with Gasteiger partial charge in [-0.15, -0.1) is 0 Å². The number of rotatable bonds is 7. The standard InChI is InChI=1S/C35H52O2/c1-23(2)24(3)12-13-25(4)30-16-17-31-29-15-14-27-22-28(37-33(36)26-10-8-7-9-11-26)18-20-34(27,5)32(29)19-21-35(30,31)6/h7-11,17,23-25,27-30,32H,12-16,18-22H2,1-6H3/t24?,25-,27+,28+,29+,30-,32+,34+,35-/m1/s1. The van der Waals surface area contributed by atoms with Gasteiger partial charge in [-0.05, 0) is 116 Å². The third kappa shape index (κ3) is 4.96. The van der Waals surface area contributed by atoms with Crippen LogP contribution in [-0.2, 0) is 4.74 Å². The molecule has 0 bridgehead atoms. The third-order valence-electron chi connectivity index (χ3n) is 12.3. The molecule has 3 saturated carbocycles. The number of hydrogen-bond acceptors (Lipinski definition) is 2. The zero-order valence-electron chi connectivity index (χ0n) is 24.5. The lowest BCUT2D eigenvalue weighted by atomic mass is 9.45. The number of esters is 1. The summed E-state index contributed by atoms with van der Waals surface area (Å²) in [5, 5.41) is 0. The number of fused-ring (bicyclic) bond motifs is 5. The van der Waals surface area contributed by atoms with E-state index in [4.69, 9.17) is 4.74 Å². The van der Waals surface area contributed by atoms with Crippen molar-refractivity contribution in [3.8, 4) is 0 Å². The Bertz CT molecular complexity index is 978. The molecule has 0 amide bonds. The fourth-order valence-electron chi connectivity index (χ4n) is 9.40. The highest BCUT2D eigenvalue weighted by atomic mass is 16.5. The minimum Gasteiger partial charge on any atom is -0.459 e. The van der Waals surface area contributed by atoms with Crippen LogP contribution in [-0.4, -0.2) is 12.1 Å². The van der Waals surface area contributed by atoms with Gasteiger partial charge in [-0.2, -0.15) is 0 Å². The van der Waals surface area contributed by atoms with Gasteiger partial charge >= 0.3 is 5.97 Å². The number of benzene rings is 1. The first-order chi connectivity index (χ1) is 17.6. The Morgan fingerprint density at radius 3 is 2.46 bits per heavy atom. The molecule has 0 aromatic heterocycles. The molecule has 0 N–H and O–H groups in total. The molecule has 37 heavy (non-hydrogen) atoms. The average Bonchev–Trinajstić information content (AvgIpc) is 3.25. The first kappa shape index (κ1) is 27.0. The summed E-state index contributed by atoms with van der Waals surface area (Å²) in [6.07, 6.45) is 15.6. The zero-order chi connectivity index (χ0) is 26.4. The maximum absolute atomic E-state index is 12.7. The summed E-state index contributed by atoms with van der Waals surface area (Å²) in [5.74, 6) is 5.42. The normalized spacial score (nSPS) is 38.7. The maximum atomic E-state index is 12.7. The Hall–Kier alpha value is -1.57. The van der Waals surface area contributed by atoms with E-state index < -0.39 is 0 Å². The molecule has 1 aromatic carbocycles. The Kier molecular flexibility index (Phi) is 7.69. The molecule has 1 unspecified atom stereocenters. The minimum absolute atomic E-state index is 0.0837. The third-order valence-corrected chi connectivity index (χ3v) is 12.3. The molecule has 2 nitrogen and oxygen atoms in total. The predicted molar refractivity (Wildman–Crippen MR) is 153 cm³/mol. The predicted octanol–water partition coefficient (Wildman–Crippen LogP) is 9.50. The van der Waals surface area contributed by atoms with Crippen LogP contribution in [0.5, 0.6) is 0 Å². The quantitative estimate of drug-likeness (QED) is 0.273. The number of carbonyl (C=O) groups is 1. The summed E-state index contributed by atoms with van der Waals surface area (Å²) in [6.45, 7) is 15.0. The van der Waals surface area contributed by atoms with Crippen molar-refractivity contribution in [2.45, 2.75) is 112 Å². The number of allylic oxidation sites excluding steroid dienone is 2. The second-order valence-electron chi connectivity index (χ2n) is 14.4. The number of ether oxygens (including phenoxy) is 1. The SMILES string of the molecule is CC(C)C(C)CC[C@@H](C)[C@H]1CC=C2[C@@H]3CC[C@H]4C[C@@H](OC(=O)c5ccccc5)CC[C@]4(C)[C@H]3CC[C@@]21C. The number of carbonyl (C=O) groups excluding carboxylic acids is 1. The van der Waals surface area contributed by atoms with Crippen LogP contribution in [0.15, 0.2) is 42.0 Å². The topological polar surface area (TPSA) is 26.3 Å². The van der Waals surface area contributed by atoms with Crippen molar-refractivity contribution in [3.63, 3.8) is 0 Å². The average molecular weight is 505 g/mol. The van der Waals surface area contributed by atoms with Gasteiger partial charge in [-0.3, -0.25) is 0 Å². The van der Waals surface area contributed by atoms with Crippen molar-refractivity contribution in [1.29, 1.82) is 0 Å². The van der Waals surface area contributed by atoms with Crippen LogP contribution in [0.3, 0.4) is 0 Å². The highest BCUT2D eigenvalue weighted by molar-refractivity contribution is 5.89. The van der Waals surface area contributed by atoms with Gasteiger partial charge in [0.25, 0.3) is 0 Å². The molecule has 2 heteroatoms. The first-order valence-electron chi connectivity index (χ1n) is 15.6. The molecular weight excluding hydrogens is 452 g/mol. The molecule has 5 rings (SSSR count). The highest BCUT2D eigenvalue weighted by Gasteiger charge is 2.58. The van der Waals surface area contributed by atoms with Crippen LogP contribution in [0.25, 0.3) is 0 Å². The molecular formula is C35H52O2.